The van der Waals surface area contributed by atoms with E-state index in [1.807, 2.05) is 0 Å². The molecule has 0 amide bonds. The Bertz CT molecular complexity index is 2290. The van der Waals surface area contributed by atoms with Crippen LogP contribution in [0.4, 0.5) is 171 Å². The summed E-state index contributed by atoms with van der Waals surface area (Å²) in [7, 11) is 0. The van der Waals surface area contributed by atoms with Crippen molar-refractivity contribution in [3.05, 3.63) is 27.0 Å². The number of halogens is 39. The van der Waals surface area contributed by atoms with Crippen LogP contribution in [0.3, 0.4) is 0 Å². The van der Waals surface area contributed by atoms with Gasteiger partial charge < -0.3 is 0 Å². The van der Waals surface area contributed by atoms with Gasteiger partial charge in [-0.25, -0.2) is 0 Å². The second kappa shape index (κ2) is 20.7. The number of hydrogen-bond donors (Lipinski definition) is 3. The predicted molar refractivity (Wildman–Crippen MR) is 179 cm³/mol. The van der Waals surface area contributed by atoms with E-state index in [0.29, 0.717) is 4.98 Å². The van der Waals surface area contributed by atoms with Gasteiger partial charge in [0.1, 0.15) is 0 Å². The van der Waals surface area contributed by atoms with Gasteiger partial charge in [-0.3, -0.25) is 0 Å². The van der Waals surface area contributed by atoms with Crippen molar-refractivity contribution in [2.45, 2.75) is 165 Å². The number of aromatic amines is 1. The molecular formula is C33H23F39N2O5Sn. The summed E-state index contributed by atoms with van der Waals surface area (Å²) in [6.45, 7) is -1.49. The minimum absolute atomic E-state index is 0.650. The molecule has 0 bridgehead atoms. The van der Waals surface area contributed by atoms with Crippen LogP contribution in [0.5, 0.6) is 0 Å². The molecule has 1 aliphatic rings. The monoisotopic (exact) mass is 1390 g/mol. The Kier molecular flexibility index (Phi) is 18.8. The second-order valence-corrected chi connectivity index (χ2v) is 30.2. The van der Waals surface area contributed by atoms with Gasteiger partial charge in [-0.15, -0.1) is 0 Å². The first-order valence-electron chi connectivity index (χ1n) is 19.8. The van der Waals surface area contributed by atoms with Gasteiger partial charge in [0.05, 0.1) is 0 Å². The third-order valence-electron chi connectivity index (χ3n) is 12.0. The Morgan fingerprint density at radius 1 is 0.438 bits per heavy atom. The average Bonchev–Trinajstić information content (AvgIpc) is 3.64. The first kappa shape index (κ1) is 72.7. The standard InChI is InChI=1S/C9H11N2O5.3C8H4F13.Sn/c12-4-6-5(13)3-8(16-6)11-2-1-7(14)10-9(11)15;3*1-2-3(9,10)4(11,12)5(13,14)6(15,16)7(17,18)8(19,20)21;/h2,5-6,8,12-13H,3-4H2,(H,10,14,15);3*1-2H2;/t5-,6+,8+;;;;/m0..../s1. The Morgan fingerprint density at radius 2 is 0.688 bits per heavy atom. The second-order valence-electron chi connectivity index (χ2n) is 17.1. The Morgan fingerprint density at radius 3 is 0.912 bits per heavy atom. The molecule has 472 valence electrons. The van der Waals surface area contributed by atoms with Gasteiger partial charge in [0, 0.05) is 0 Å². The number of aliphatic hydroxyl groups is 2. The SMILES string of the molecule is O=c1[nH]c(=O)n([C@H]2C[C@H](O)[C@@H](CO)O2)c[c]1[Sn]([CH2]CC(F)(F)C(F)(F)C(F)(F)C(F)(F)C(F)(F)C(F)(F)F)([CH2]CC(F)(F)C(F)(F)C(F)(F)C(F)(F)C(F)(F)C(F)(F)F)[CH2]CC(F)(F)C(F)(F)C(F)(F)C(F)(F)C(F)(F)C(F)(F)F. The maximum absolute atomic E-state index is 15.4. The molecule has 47 heteroatoms. The topological polar surface area (TPSA) is 105 Å². The fraction of sp³-hybridized carbons (Fsp3) is 0.879. The number of alkyl halides is 39. The molecule has 0 spiro atoms. The van der Waals surface area contributed by atoms with Crippen LogP contribution in [0.2, 0.25) is 13.3 Å². The Hall–Kier alpha value is -3.37. The number of nitrogens with one attached hydrogen (secondary N) is 1. The third-order valence-corrected chi connectivity index (χ3v) is 26.6. The Balaban J connectivity index is 3.35. The van der Waals surface area contributed by atoms with Gasteiger partial charge in [-0.2, -0.15) is 0 Å². The van der Waals surface area contributed by atoms with Gasteiger partial charge in [0.15, 0.2) is 0 Å². The van der Waals surface area contributed by atoms with E-state index in [1.54, 1.807) is 0 Å². The number of ether oxygens (including phenoxy) is 1. The van der Waals surface area contributed by atoms with Crippen molar-refractivity contribution in [3.63, 3.8) is 0 Å². The number of nitrogens with zero attached hydrogens (tertiary/aromatic N) is 1. The van der Waals surface area contributed by atoms with Crippen molar-refractivity contribution in [1.82, 2.24) is 9.55 Å². The van der Waals surface area contributed by atoms with Gasteiger partial charge in [-0.1, -0.05) is 0 Å². The summed E-state index contributed by atoms with van der Waals surface area (Å²) in [5.41, 5.74) is -5.39. The Labute approximate surface area is 416 Å². The quantitative estimate of drug-likeness (QED) is 0.0707. The first-order valence-corrected chi connectivity index (χ1v) is 27.3. The summed E-state index contributed by atoms with van der Waals surface area (Å²) >= 11 is -9.06. The van der Waals surface area contributed by atoms with Crippen LogP contribution in [0, 0.1) is 0 Å². The molecule has 1 saturated heterocycles. The summed E-state index contributed by atoms with van der Waals surface area (Å²) in [6.07, 6.45) is -47.0. The molecule has 0 aliphatic carbocycles. The van der Waals surface area contributed by atoms with E-state index in [0.717, 1.165) is 0 Å². The number of aliphatic hydroxyl groups excluding tert-OH is 2. The predicted octanol–water partition coefficient (Wildman–Crippen LogP) is 12.2. The van der Waals surface area contributed by atoms with E-state index in [4.69, 9.17) is 4.74 Å². The number of rotatable bonds is 24. The fourth-order valence-electron chi connectivity index (χ4n) is 6.97. The van der Waals surface area contributed by atoms with Gasteiger partial charge in [-0.05, 0) is 0 Å². The van der Waals surface area contributed by atoms with Crippen molar-refractivity contribution >= 4 is 22.0 Å². The summed E-state index contributed by atoms with van der Waals surface area (Å²) < 4.78 is 539. The average molecular weight is 1390 g/mol. The molecule has 1 aliphatic heterocycles. The molecule has 2 rings (SSSR count). The zero-order valence-electron chi connectivity index (χ0n) is 36.8. The first-order chi connectivity index (χ1) is 34.6. The summed E-state index contributed by atoms with van der Waals surface area (Å²) in [5, 5.41) is 19.3. The van der Waals surface area contributed by atoms with Gasteiger partial charge >= 0.3 is 416 Å². The van der Waals surface area contributed by atoms with Crippen LogP contribution in [0.25, 0.3) is 0 Å². The van der Waals surface area contributed by atoms with E-state index < -0.39 is 215 Å². The van der Waals surface area contributed by atoms with E-state index in [2.05, 4.69) is 0 Å². The molecule has 0 unspecified atom stereocenters. The van der Waals surface area contributed by atoms with Crippen LogP contribution < -0.4 is 14.8 Å². The minimum atomic E-state index is -9.06. The molecule has 3 atom stereocenters. The fourth-order valence-corrected chi connectivity index (χ4v) is 20.9. The molecule has 7 nitrogen and oxygen atoms in total. The molecule has 1 aromatic heterocycles. The molecule has 0 saturated carbocycles. The molecule has 80 heavy (non-hydrogen) atoms. The maximum atomic E-state index is 15.4. The van der Waals surface area contributed by atoms with Crippen molar-refractivity contribution < 1.29 is 186 Å². The van der Waals surface area contributed by atoms with Crippen molar-refractivity contribution in [3.8, 4) is 0 Å². The number of hydrogen-bond acceptors (Lipinski definition) is 5. The van der Waals surface area contributed by atoms with Gasteiger partial charge in [0.25, 0.3) is 0 Å². The zero-order chi connectivity index (χ0) is 64.3. The van der Waals surface area contributed by atoms with Crippen molar-refractivity contribution in [1.29, 1.82) is 0 Å². The molecule has 1 aromatic rings. The van der Waals surface area contributed by atoms with E-state index in [1.165, 1.54) is 0 Å². The van der Waals surface area contributed by atoms with Crippen molar-refractivity contribution in [2.75, 3.05) is 6.61 Å². The normalized spacial score (nSPS) is 19.8. The van der Waals surface area contributed by atoms with Crippen LogP contribution >= 0.6 is 0 Å². The molecule has 0 aromatic carbocycles. The van der Waals surface area contributed by atoms with E-state index in [-0.39, 0.29) is 0 Å². The van der Waals surface area contributed by atoms with E-state index in [9.17, 15) is 165 Å². The summed E-state index contributed by atoms with van der Waals surface area (Å²) in [4.78, 5) is 26.8. The molecular weight excluding hydrogens is 1360 g/mol. The van der Waals surface area contributed by atoms with Crippen LogP contribution in [0.15, 0.2) is 15.8 Å². The molecule has 0 radical (unpaired) electrons. The van der Waals surface area contributed by atoms with Crippen LogP contribution in [-0.2, 0) is 4.74 Å². The van der Waals surface area contributed by atoms with Crippen molar-refractivity contribution in [2.24, 2.45) is 0 Å². The number of H-pyrrole nitrogens is 1. The van der Waals surface area contributed by atoms with Crippen LogP contribution in [-0.4, -0.2) is 164 Å². The third kappa shape index (κ3) is 10.9. The van der Waals surface area contributed by atoms with Gasteiger partial charge in [0.2, 0.25) is 0 Å². The molecule has 3 N–H and O–H groups in total. The number of aromatic nitrogens is 2. The summed E-state index contributed by atoms with van der Waals surface area (Å²) in [5.74, 6) is -130. The zero-order valence-corrected chi connectivity index (χ0v) is 39.6. The molecule has 2 heterocycles. The summed E-state index contributed by atoms with van der Waals surface area (Å²) in [6, 6.07) is 0. The van der Waals surface area contributed by atoms with E-state index >= 15 is 26.3 Å². The van der Waals surface area contributed by atoms with Crippen LogP contribution in [0.1, 0.15) is 31.9 Å². The molecule has 1 fully saturated rings.